The molecule has 2 atom stereocenters. The minimum atomic E-state index is -0.303. The third kappa shape index (κ3) is 2.80. The molecule has 1 aliphatic carbocycles. The Hall–Kier alpha value is -2.40. The molecule has 2 N–H and O–H groups in total. The SMILES string of the molecule is OC1CCCCC1Nc1cc(-c2ccccc2)nc2ccnn12. The molecule has 0 radical (unpaired) electrons. The van der Waals surface area contributed by atoms with Gasteiger partial charge >= 0.3 is 0 Å². The first-order chi connectivity index (χ1) is 11.3. The van der Waals surface area contributed by atoms with Crippen LogP contribution in [0.1, 0.15) is 25.7 Å². The highest BCUT2D eigenvalue weighted by Crippen LogP contribution is 2.26. The third-order valence-electron chi connectivity index (χ3n) is 4.49. The minimum Gasteiger partial charge on any atom is -0.391 e. The van der Waals surface area contributed by atoms with Gasteiger partial charge < -0.3 is 10.4 Å². The van der Waals surface area contributed by atoms with E-state index in [1.165, 1.54) is 0 Å². The summed E-state index contributed by atoms with van der Waals surface area (Å²) in [5.41, 5.74) is 2.79. The van der Waals surface area contributed by atoms with E-state index in [0.29, 0.717) is 0 Å². The van der Waals surface area contributed by atoms with E-state index in [1.807, 2.05) is 30.3 Å². The molecule has 0 saturated heterocycles. The zero-order valence-electron chi connectivity index (χ0n) is 12.9. The van der Waals surface area contributed by atoms with Crippen LogP contribution < -0.4 is 5.32 Å². The Morgan fingerprint density at radius 2 is 1.91 bits per heavy atom. The second-order valence-corrected chi connectivity index (χ2v) is 6.10. The summed E-state index contributed by atoms with van der Waals surface area (Å²) < 4.78 is 1.80. The molecule has 5 nitrogen and oxygen atoms in total. The van der Waals surface area contributed by atoms with Crippen molar-refractivity contribution >= 4 is 11.5 Å². The second kappa shape index (κ2) is 6.01. The molecule has 118 valence electrons. The van der Waals surface area contributed by atoms with Gasteiger partial charge in [-0.25, -0.2) is 4.98 Å². The lowest BCUT2D eigenvalue weighted by Crippen LogP contribution is -2.36. The predicted octanol–water partition coefficient (Wildman–Crippen LogP) is 3.11. The topological polar surface area (TPSA) is 62.5 Å². The Morgan fingerprint density at radius 3 is 2.74 bits per heavy atom. The number of benzene rings is 1. The molecule has 1 fully saturated rings. The monoisotopic (exact) mass is 308 g/mol. The van der Waals surface area contributed by atoms with Gasteiger partial charge in [0.05, 0.1) is 24.0 Å². The molecular weight excluding hydrogens is 288 g/mol. The Bertz CT molecular complexity index is 799. The van der Waals surface area contributed by atoms with Gasteiger partial charge in [-0.2, -0.15) is 9.61 Å². The van der Waals surface area contributed by atoms with Gasteiger partial charge in [-0.1, -0.05) is 43.2 Å². The molecule has 2 heterocycles. The van der Waals surface area contributed by atoms with Crippen LogP contribution in [0.2, 0.25) is 0 Å². The Morgan fingerprint density at radius 1 is 1.09 bits per heavy atom. The van der Waals surface area contributed by atoms with Crippen LogP contribution in [0.5, 0.6) is 0 Å². The van der Waals surface area contributed by atoms with Crippen molar-refractivity contribution in [3.8, 4) is 11.3 Å². The van der Waals surface area contributed by atoms with Gasteiger partial charge in [-0.3, -0.25) is 0 Å². The van der Waals surface area contributed by atoms with Crippen LogP contribution in [0, 0.1) is 0 Å². The van der Waals surface area contributed by atoms with Crippen LogP contribution in [0.4, 0.5) is 5.82 Å². The van der Waals surface area contributed by atoms with E-state index in [9.17, 15) is 5.11 Å². The van der Waals surface area contributed by atoms with E-state index in [2.05, 4.69) is 27.5 Å². The van der Waals surface area contributed by atoms with Crippen molar-refractivity contribution in [3.63, 3.8) is 0 Å². The molecule has 0 bridgehead atoms. The Kier molecular flexibility index (Phi) is 3.71. The Balaban J connectivity index is 1.74. The number of fused-ring (bicyclic) bond motifs is 1. The van der Waals surface area contributed by atoms with E-state index in [0.717, 1.165) is 48.4 Å². The number of hydrogen-bond donors (Lipinski definition) is 2. The maximum atomic E-state index is 10.2. The van der Waals surface area contributed by atoms with Gasteiger partial charge in [0.2, 0.25) is 0 Å². The van der Waals surface area contributed by atoms with Crippen molar-refractivity contribution in [2.75, 3.05) is 5.32 Å². The third-order valence-corrected chi connectivity index (χ3v) is 4.49. The number of hydrogen-bond acceptors (Lipinski definition) is 4. The van der Waals surface area contributed by atoms with Gasteiger partial charge in [-0.05, 0) is 12.8 Å². The van der Waals surface area contributed by atoms with Crippen LogP contribution in [-0.4, -0.2) is 31.9 Å². The molecule has 0 aliphatic heterocycles. The first kappa shape index (κ1) is 14.2. The first-order valence-corrected chi connectivity index (χ1v) is 8.16. The van der Waals surface area contributed by atoms with E-state index in [-0.39, 0.29) is 12.1 Å². The van der Waals surface area contributed by atoms with E-state index in [1.54, 1.807) is 10.7 Å². The van der Waals surface area contributed by atoms with Gasteiger partial charge in [0.25, 0.3) is 0 Å². The number of nitrogens with zero attached hydrogens (tertiary/aromatic N) is 3. The van der Waals surface area contributed by atoms with E-state index >= 15 is 0 Å². The number of aliphatic hydroxyl groups is 1. The summed E-state index contributed by atoms with van der Waals surface area (Å²) in [6.07, 6.45) is 5.53. The quantitative estimate of drug-likeness (QED) is 0.780. The minimum absolute atomic E-state index is 0.0715. The van der Waals surface area contributed by atoms with Gasteiger partial charge in [0.15, 0.2) is 5.65 Å². The van der Waals surface area contributed by atoms with Crippen molar-refractivity contribution in [2.24, 2.45) is 0 Å². The zero-order valence-corrected chi connectivity index (χ0v) is 12.9. The van der Waals surface area contributed by atoms with Crippen molar-refractivity contribution < 1.29 is 5.11 Å². The number of aliphatic hydroxyl groups excluding tert-OH is 1. The summed E-state index contributed by atoms with van der Waals surface area (Å²) in [7, 11) is 0. The second-order valence-electron chi connectivity index (χ2n) is 6.10. The summed E-state index contributed by atoms with van der Waals surface area (Å²) in [6.45, 7) is 0. The average Bonchev–Trinajstić information content (AvgIpc) is 3.06. The van der Waals surface area contributed by atoms with Crippen LogP contribution in [-0.2, 0) is 0 Å². The molecule has 1 saturated carbocycles. The Labute approximate surface area is 135 Å². The van der Waals surface area contributed by atoms with Gasteiger partial charge in [0, 0.05) is 17.7 Å². The average molecular weight is 308 g/mol. The summed E-state index contributed by atoms with van der Waals surface area (Å²) in [4.78, 5) is 4.68. The van der Waals surface area contributed by atoms with Crippen LogP contribution in [0.15, 0.2) is 48.7 Å². The standard InChI is InChI=1S/C18H20N4O/c23-16-9-5-4-8-14(16)20-18-12-15(13-6-2-1-3-7-13)21-17-10-11-19-22(17)18/h1-3,6-7,10-12,14,16,20,23H,4-5,8-9H2. The summed E-state index contributed by atoms with van der Waals surface area (Å²) in [5, 5.41) is 18.1. The van der Waals surface area contributed by atoms with Crippen LogP contribution in [0.3, 0.4) is 0 Å². The molecule has 0 amide bonds. The number of nitrogens with one attached hydrogen (secondary N) is 1. The van der Waals surface area contributed by atoms with Crippen molar-refractivity contribution in [3.05, 3.63) is 48.7 Å². The molecule has 2 unspecified atom stereocenters. The largest absolute Gasteiger partial charge is 0.391 e. The molecule has 1 aromatic carbocycles. The lowest BCUT2D eigenvalue weighted by molar-refractivity contribution is 0.116. The summed E-state index contributed by atoms with van der Waals surface area (Å²) >= 11 is 0. The smallest absolute Gasteiger partial charge is 0.157 e. The maximum absolute atomic E-state index is 10.2. The van der Waals surface area contributed by atoms with Gasteiger partial charge in [-0.15, -0.1) is 0 Å². The normalized spacial score (nSPS) is 21.4. The fourth-order valence-corrected chi connectivity index (χ4v) is 3.24. The molecule has 5 heteroatoms. The van der Waals surface area contributed by atoms with E-state index < -0.39 is 0 Å². The predicted molar refractivity (Wildman–Crippen MR) is 90.3 cm³/mol. The summed E-state index contributed by atoms with van der Waals surface area (Å²) in [5.74, 6) is 0.879. The molecule has 23 heavy (non-hydrogen) atoms. The zero-order chi connectivity index (χ0) is 15.6. The van der Waals surface area contributed by atoms with Crippen LogP contribution in [0.25, 0.3) is 16.9 Å². The van der Waals surface area contributed by atoms with Crippen molar-refractivity contribution in [1.82, 2.24) is 14.6 Å². The van der Waals surface area contributed by atoms with Crippen LogP contribution >= 0.6 is 0 Å². The summed E-state index contributed by atoms with van der Waals surface area (Å²) in [6, 6.07) is 14.1. The molecule has 4 rings (SSSR count). The molecule has 2 aromatic heterocycles. The van der Waals surface area contributed by atoms with E-state index in [4.69, 9.17) is 0 Å². The molecular formula is C18H20N4O. The first-order valence-electron chi connectivity index (χ1n) is 8.16. The van der Waals surface area contributed by atoms with Crippen molar-refractivity contribution in [2.45, 2.75) is 37.8 Å². The number of anilines is 1. The maximum Gasteiger partial charge on any atom is 0.157 e. The lowest BCUT2D eigenvalue weighted by atomic mass is 9.92. The number of rotatable bonds is 3. The lowest BCUT2D eigenvalue weighted by Gasteiger charge is -2.29. The number of aromatic nitrogens is 3. The molecule has 3 aromatic rings. The molecule has 1 aliphatic rings. The highest BCUT2D eigenvalue weighted by Gasteiger charge is 2.23. The highest BCUT2D eigenvalue weighted by atomic mass is 16.3. The fraction of sp³-hybridized carbons (Fsp3) is 0.333. The highest BCUT2D eigenvalue weighted by molar-refractivity contribution is 5.66. The van der Waals surface area contributed by atoms with Crippen molar-refractivity contribution in [1.29, 1.82) is 0 Å². The molecule has 0 spiro atoms. The van der Waals surface area contributed by atoms with Gasteiger partial charge in [0.1, 0.15) is 5.82 Å². The fourth-order valence-electron chi connectivity index (χ4n) is 3.24.